The number of ether oxygens (including phenoxy) is 3. The molecule has 2 aromatic carbocycles. The van der Waals surface area contributed by atoms with E-state index in [2.05, 4.69) is 15.8 Å². The summed E-state index contributed by atoms with van der Waals surface area (Å²) in [5, 5.41) is 7.39. The molecule has 0 spiro atoms. The Kier molecular flexibility index (Phi) is 9.32. The first-order chi connectivity index (χ1) is 18.9. The lowest BCUT2D eigenvalue weighted by atomic mass is 9.95. The summed E-state index contributed by atoms with van der Waals surface area (Å²) in [6.07, 6.45) is 4.44. The van der Waals surface area contributed by atoms with Crippen molar-refractivity contribution in [3.05, 3.63) is 75.7 Å². The highest BCUT2D eigenvalue weighted by Gasteiger charge is 2.27. The van der Waals surface area contributed by atoms with Gasteiger partial charge in [0.25, 0.3) is 11.8 Å². The van der Waals surface area contributed by atoms with Crippen LogP contribution in [0.4, 0.5) is 5.00 Å². The molecule has 1 unspecified atom stereocenters. The molecule has 4 rings (SSSR count). The summed E-state index contributed by atoms with van der Waals surface area (Å²) in [5.74, 6) is -0.129. The van der Waals surface area contributed by atoms with Gasteiger partial charge in [0.05, 0.1) is 25.5 Å². The van der Waals surface area contributed by atoms with Crippen LogP contribution in [0.15, 0.2) is 53.6 Å². The molecule has 2 N–H and O–H groups in total. The first kappa shape index (κ1) is 27.8. The van der Waals surface area contributed by atoms with E-state index >= 15 is 0 Å². The Morgan fingerprint density at radius 3 is 2.56 bits per heavy atom. The lowest BCUT2D eigenvalue weighted by molar-refractivity contribution is -0.127. The second kappa shape index (κ2) is 13.1. The fourth-order valence-electron chi connectivity index (χ4n) is 4.22. The molecule has 1 aliphatic carbocycles. The van der Waals surface area contributed by atoms with Crippen LogP contribution in [-0.2, 0) is 22.4 Å². The molecule has 1 atom stereocenters. The number of hydrogen-bond acceptors (Lipinski definition) is 8. The Morgan fingerprint density at radius 2 is 1.82 bits per heavy atom. The van der Waals surface area contributed by atoms with Gasteiger partial charge in [0.1, 0.15) is 16.5 Å². The number of aryl methyl sites for hydroxylation is 1. The first-order valence-electron chi connectivity index (χ1n) is 12.8. The van der Waals surface area contributed by atoms with Gasteiger partial charge in [-0.25, -0.2) is 10.2 Å². The Labute approximate surface area is 231 Å². The van der Waals surface area contributed by atoms with E-state index in [1.54, 1.807) is 51.3 Å². The third kappa shape index (κ3) is 6.83. The molecule has 1 aromatic heterocycles. The summed E-state index contributed by atoms with van der Waals surface area (Å²) >= 11 is 1.44. The molecule has 3 aromatic rings. The molecule has 2 amide bonds. The number of nitrogens with zero attached hydrogens (tertiary/aromatic N) is 1. The maximum atomic E-state index is 13.0. The normalized spacial score (nSPS) is 13.3. The van der Waals surface area contributed by atoms with Gasteiger partial charge in [0, 0.05) is 16.0 Å². The van der Waals surface area contributed by atoms with Gasteiger partial charge in [-0.3, -0.25) is 9.59 Å². The predicted molar refractivity (Wildman–Crippen MR) is 150 cm³/mol. The van der Waals surface area contributed by atoms with Crippen molar-refractivity contribution in [1.82, 2.24) is 5.43 Å². The SMILES string of the molecule is CCOC(=O)c1c(NC(=O)c2ccc(OC(C)C(=O)N/N=C/c3ccccc3OC)cc2)sc2c1CCCC2. The van der Waals surface area contributed by atoms with Gasteiger partial charge in [-0.15, -0.1) is 11.3 Å². The number of thiophene rings is 1. The lowest BCUT2D eigenvalue weighted by Crippen LogP contribution is -2.33. The van der Waals surface area contributed by atoms with Crippen LogP contribution in [-0.4, -0.2) is 43.8 Å². The first-order valence-corrected chi connectivity index (χ1v) is 13.6. The van der Waals surface area contributed by atoms with Gasteiger partial charge >= 0.3 is 5.97 Å². The van der Waals surface area contributed by atoms with Gasteiger partial charge < -0.3 is 19.5 Å². The summed E-state index contributed by atoms with van der Waals surface area (Å²) in [4.78, 5) is 39.2. The van der Waals surface area contributed by atoms with Crippen LogP contribution in [0.3, 0.4) is 0 Å². The van der Waals surface area contributed by atoms with Crippen molar-refractivity contribution < 1.29 is 28.6 Å². The van der Waals surface area contributed by atoms with Crippen molar-refractivity contribution in [2.45, 2.75) is 45.6 Å². The number of hydrogen-bond donors (Lipinski definition) is 2. The van der Waals surface area contributed by atoms with Crippen LogP contribution in [0, 0.1) is 0 Å². The highest BCUT2D eigenvalue weighted by Crippen LogP contribution is 2.38. The molecular weight excluding hydrogens is 518 g/mol. The maximum Gasteiger partial charge on any atom is 0.341 e. The minimum Gasteiger partial charge on any atom is -0.496 e. The van der Waals surface area contributed by atoms with Crippen molar-refractivity contribution in [3.63, 3.8) is 0 Å². The number of methoxy groups -OCH3 is 1. The monoisotopic (exact) mass is 549 g/mol. The molecule has 0 aliphatic heterocycles. The molecule has 39 heavy (non-hydrogen) atoms. The van der Waals surface area contributed by atoms with Crippen LogP contribution in [0.1, 0.15) is 63.4 Å². The molecule has 1 heterocycles. The van der Waals surface area contributed by atoms with E-state index in [4.69, 9.17) is 14.2 Å². The summed E-state index contributed by atoms with van der Waals surface area (Å²) < 4.78 is 16.2. The minimum absolute atomic E-state index is 0.267. The van der Waals surface area contributed by atoms with Crippen molar-refractivity contribution in [3.8, 4) is 11.5 Å². The van der Waals surface area contributed by atoms with Crippen LogP contribution >= 0.6 is 11.3 Å². The van der Waals surface area contributed by atoms with Crippen LogP contribution in [0.25, 0.3) is 0 Å². The van der Waals surface area contributed by atoms with Crippen molar-refractivity contribution >= 4 is 40.3 Å². The summed E-state index contributed by atoms with van der Waals surface area (Å²) in [6, 6.07) is 13.7. The number of benzene rings is 2. The Bertz CT molecular complexity index is 1370. The number of carbonyl (C=O) groups excluding carboxylic acids is 3. The average molecular weight is 550 g/mol. The number of rotatable bonds is 10. The third-order valence-corrected chi connectivity index (χ3v) is 7.40. The van der Waals surface area contributed by atoms with Crippen LogP contribution < -0.4 is 20.2 Å². The molecular formula is C29H31N3O6S. The van der Waals surface area contributed by atoms with Gasteiger partial charge in [-0.05, 0) is 81.5 Å². The fourth-order valence-corrected chi connectivity index (χ4v) is 5.49. The largest absolute Gasteiger partial charge is 0.496 e. The number of nitrogens with one attached hydrogen (secondary N) is 2. The van der Waals surface area contributed by atoms with E-state index in [1.165, 1.54) is 17.6 Å². The summed E-state index contributed by atoms with van der Waals surface area (Å²) in [5.41, 5.74) is 5.02. The fraction of sp³-hybridized carbons (Fsp3) is 0.310. The Hall–Kier alpha value is -4.18. The standard InChI is InChI=1S/C29H31N3O6S/c1-4-37-29(35)25-22-10-6-8-12-24(22)39-28(25)31-27(34)19-13-15-21(16-14-19)38-18(2)26(33)32-30-17-20-9-5-7-11-23(20)36-3/h5,7,9,11,13-18H,4,6,8,10,12H2,1-3H3,(H,31,34)(H,32,33)/b30-17+. The summed E-state index contributed by atoms with van der Waals surface area (Å²) in [7, 11) is 1.56. The van der Waals surface area contributed by atoms with Gasteiger partial charge in [0.2, 0.25) is 0 Å². The number of amides is 2. The number of fused-ring (bicyclic) bond motifs is 1. The zero-order chi connectivity index (χ0) is 27.8. The van der Waals surface area contributed by atoms with Crippen LogP contribution in [0.5, 0.6) is 11.5 Å². The molecule has 1 aliphatic rings. The molecule has 10 heteroatoms. The van der Waals surface area contributed by atoms with Crippen LogP contribution in [0.2, 0.25) is 0 Å². The molecule has 0 radical (unpaired) electrons. The van der Waals surface area contributed by atoms with E-state index in [1.807, 2.05) is 18.2 Å². The van der Waals surface area contributed by atoms with E-state index < -0.39 is 18.0 Å². The highest BCUT2D eigenvalue weighted by molar-refractivity contribution is 7.17. The predicted octanol–water partition coefficient (Wildman–Crippen LogP) is 4.98. The number of hydrazone groups is 1. The second-order valence-corrected chi connectivity index (χ2v) is 9.96. The highest BCUT2D eigenvalue weighted by atomic mass is 32.1. The number of esters is 1. The van der Waals surface area contributed by atoms with Gasteiger partial charge in [-0.1, -0.05) is 12.1 Å². The Morgan fingerprint density at radius 1 is 1.08 bits per heavy atom. The van der Waals surface area contributed by atoms with E-state index in [0.29, 0.717) is 27.6 Å². The minimum atomic E-state index is -0.830. The van der Waals surface area contributed by atoms with E-state index in [-0.39, 0.29) is 12.5 Å². The average Bonchev–Trinajstić information content (AvgIpc) is 3.31. The molecule has 0 bridgehead atoms. The number of para-hydroxylation sites is 1. The van der Waals surface area contributed by atoms with E-state index in [9.17, 15) is 14.4 Å². The summed E-state index contributed by atoms with van der Waals surface area (Å²) in [6.45, 7) is 3.63. The van der Waals surface area contributed by atoms with Gasteiger partial charge in [-0.2, -0.15) is 5.10 Å². The van der Waals surface area contributed by atoms with Gasteiger partial charge in [0.15, 0.2) is 6.10 Å². The smallest absolute Gasteiger partial charge is 0.341 e. The molecule has 0 saturated carbocycles. The Balaban J connectivity index is 1.36. The van der Waals surface area contributed by atoms with Crippen molar-refractivity contribution in [2.75, 3.05) is 19.0 Å². The number of carbonyl (C=O) groups is 3. The topological polar surface area (TPSA) is 115 Å². The maximum absolute atomic E-state index is 13.0. The van der Waals surface area contributed by atoms with Crippen molar-refractivity contribution in [1.29, 1.82) is 0 Å². The zero-order valence-electron chi connectivity index (χ0n) is 22.1. The molecule has 9 nitrogen and oxygen atoms in total. The molecule has 0 saturated heterocycles. The second-order valence-electron chi connectivity index (χ2n) is 8.85. The third-order valence-electron chi connectivity index (χ3n) is 6.19. The zero-order valence-corrected chi connectivity index (χ0v) is 22.9. The lowest BCUT2D eigenvalue weighted by Gasteiger charge is -2.13. The quantitative estimate of drug-likeness (QED) is 0.209. The number of anilines is 1. The molecule has 204 valence electrons. The van der Waals surface area contributed by atoms with E-state index in [0.717, 1.165) is 41.7 Å². The molecule has 0 fully saturated rings. The van der Waals surface area contributed by atoms with Crippen molar-refractivity contribution in [2.24, 2.45) is 5.10 Å².